The van der Waals surface area contributed by atoms with Gasteiger partial charge in [0.05, 0.1) is 12.1 Å². The third-order valence-electron chi connectivity index (χ3n) is 4.75. The second-order valence-corrected chi connectivity index (χ2v) is 8.41. The van der Waals surface area contributed by atoms with Gasteiger partial charge in [-0.25, -0.2) is 12.8 Å². The highest BCUT2D eigenvalue weighted by atomic mass is 32.2. The zero-order valence-electron chi connectivity index (χ0n) is 14.9. The first-order valence-electron chi connectivity index (χ1n) is 8.76. The average molecular weight is 403 g/mol. The van der Waals surface area contributed by atoms with E-state index in [0.717, 1.165) is 6.07 Å². The minimum atomic E-state index is -3.89. The summed E-state index contributed by atoms with van der Waals surface area (Å²) >= 11 is 0. The second kappa shape index (κ2) is 7.38. The Hall–Kier alpha value is -2.69. The Labute approximate surface area is 160 Å². The maximum Gasteiger partial charge on any atom is 0.278 e. The van der Waals surface area contributed by atoms with Crippen LogP contribution in [0.15, 0.2) is 58.2 Å². The molecule has 4 rings (SSSR count). The molecule has 0 bridgehead atoms. The van der Waals surface area contributed by atoms with E-state index in [-0.39, 0.29) is 30.2 Å². The smallest absolute Gasteiger partial charge is 0.278 e. The Morgan fingerprint density at radius 3 is 2.39 bits per heavy atom. The van der Waals surface area contributed by atoms with E-state index in [9.17, 15) is 17.6 Å². The zero-order valence-corrected chi connectivity index (χ0v) is 15.7. The number of nitrogens with zero attached hydrogens (tertiary/aromatic N) is 5. The zero-order chi connectivity index (χ0) is 19.7. The SMILES string of the molecule is O=c1c2ccccc2nnn1CN1CCN(S(=O)(=O)c2ccccc2F)CC1. The van der Waals surface area contributed by atoms with Gasteiger partial charge in [0, 0.05) is 26.2 Å². The molecule has 1 aliphatic rings. The summed E-state index contributed by atoms with van der Waals surface area (Å²) in [5.41, 5.74) is 0.288. The highest BCUT2D eigenvalue weighted by Gasteiger charge is 2.30. The fourth-order valence-electron chi connectivity index (χ4n) is 3.21. The fraction of sp³-hybridized carbons (Fsp3) is 0.278. The van der Waals surface area contributed by atoms with Gasteiger partial charge in [-0.2, -0.15) is 8.99 Å². The molecule has 0 unspecified atom stereocenters. The van der Waals surface area contributed by atoms with Crippen LogP contribution < -0.4 is 5.56 Å². The van der Waals surface area contributed by atoms with Gasteiger partial charge in [0.25, 0.3) is 5.56 Å². The lowest BCUT2D eigenvalue weighted by Crippen LogP contribution is -2.50. The minimum Gasteiger partial charge on any atom is -0.282 e. The summed E-state index contributed by atoms with van der Waals surface area (Å²) in [6, 6.07) is 12.3. The maximum atomic E-state index is 13.9. The number of piperazine rings is 1. The molecule has 2 heterocycles. The minimum absolute atomic E-state index is 0.201. The molecule has 3 aromatic rings. The normalized spacial score (nSPS) is 16.5. The van der Waals surface area contributed by atoms with E-state index in [1.165, 1.54) is 27.2 Å². The first-order chi connectivity index (χ1) is 13.5. The Morgan fingerprint density at radius 2 is 1.64 bits per heavy atom. The van der Waals surface area contributed by atoms with Gasteiger partial charge in [-0.05, 0) is 24.3 Å². The molecule has 1 fully saturated rings. The number of halogens is 1. The van der Waals surface area contributed by atoms with Gasteiger partial charge in [-0.15, -0.1) is 5.10 Å². The van der Waals surface area contributed by atoms with Crippen molar-refractivity contribution in [1.82, 2.24) is 24.2 Å². The molecule has 0 spiro atoms. The molecule has 146 valence electrons. The number of benzene rings is 2. The van der Waals surface area contributed by atoms with E-state index in [2.05, 4.69) is 10.3 Å². The van der Waals surface area contributed by atoms with Gasteiger partial charge in [-0.3, -0.25) is 9.69 Å². The number of fused-ring (bicyclic) bond motifs is 1. The highest BCUT2D eigenvalue weighted by Crippen LogP contribution is 2.20. The second-order valence-electron chi connectivity index (χ2n) is 6.51. The van der Waals surface area contributed by atoms with Crippen LogP contribution in [0.1, 0.15) is 0 Å². The summed E-state index contributed by atoms with van der Waals surface area (Å²) in [4.78, 5) is 14.1. The lowest BCUT2D eigenvalue weighted by atomic mass is 10.2. The third-order valence-corrected chi connectivity index (χ3v) is 6.68. The van der Waals surface area contributed by atoms with Gasteiger partial charge in [0.1, 0.15) is 16.2 Å². The van der Waals surface area contributed by atoms with E-state index in [1.54, 1.807) is 24.3 Å². The number of hydrogen-bond donors (Lipinski definition) is 0. The van der Waals surface area contributed by atoms with Crippen molar-refractivity contribution in [2.45, 2.75) is 11.6 Å². The molecule has 0 amide bonds. The third kappa shape index (κ3) is 3.41. The van der Waals surface area contributed by atoms with Crippen LogP contribution in [-0.4, -0.2) is 58.8 Å². The number of aromatic nitrogens is 3. The summed E-state index contributed by atoms with van der Waals surface area (Å²) in [7, 11) is -3.89. The quantitative estimate of drug-likeness (QED) is 0.643. The van der Waals surface area contributed by atoms with Crippen molar-refractivity contribution in [3.63, 3.8) is 0 Å². The van der Waals surface area contributed by atoms with Crippen LogP contribution in [0.5, 0.6) is 0 Å². The summed E-state index contributed by atoms with van der Waals surface area (Å²) in [6.45, 7) is 1.41. The van der Waals surface area contributed by atoms with Gasteiger partial charge in [-0.1, -0.05) is 29.5 Å². The topological polar surface area (TPSA) is 88.4 Å². The van der Waals surface area contributed by atoms with Gasteiger partial charge < -0.3 is 0 Å². The Kier molecular flexibility index (Phi) is 4.92. The van der Waals surface area contributed by atoms with E-state index in [1.807, 2.05) is 4.90 Å². The van der Waals surface area contributed by atoms with Crippen LogP contribution >= 0.6 is 0 Å². The fourth-order valence-corrected chi connectivity index (χ4v) is 4.70. The molecule has 1 aromatic heterocycles. The monoisotopic (exact) mass is 403 g/mol. The predicted octanol–water partition coefficient (Wildman–Crippen LogP) is 0.895. The van der Waals surface area contributed by atoms with Crippen LogP contribution in [0, 0.1) is 5.82 Å². The molecule has 0 radical (unpaired) electrons. The van der Waals surface area contributed by atoms with Crippen molar-refractivity contribution in [2.75, 3.05) is 26.2 Å². The summed E-state index contributed by atoms with van der Waals surface area (Å²) < 4.78 is 41.8. The van der Waals surface area contributed by atoms with Crippen molar-refractivity contribution < 1.29 is 12.8 Å². The Balaban J connectivity index is 1.47. The largest absolute Gasteiger partial charge is 0.282 e. The van der Waals surface area contributed by atoms with E-state index < -0.39 is 15.8 Å². The molecule has 0 atom stereocenters. The van der Waals surface area contributed by atoms with Crippen LogP contribution in [0.25, 0.3) is 10.9 Å². The predicted molar refractivity (Wildman–Crippen MR) is 101 cm³/mol. The molecule has 8 nitrogen and oxygen atoms in total. The molecule has 0 N–H and O–H groups in total. The van der Waals surface area contributed by atoms with E-state index in [4.69, 9.17) is 0 Å². The number of rotatable bonds is 4. The molecule has 0 aliphatic carbocycles. The van der Waals surface area contributed by atoms with E-state index in [0.29, 0.717) is 24.0 Å². The van der Waals surface area contributed by atoms with Gasteiger partial charge >= 0.3 is 0 Å². The van der Waals surface area contributed by atoms with Crippen LogP contribution in [-0.2, 0) is 16.7 Å². The summed E-state index contributed by atoms with van der Waals surface area (Å²) in [6.07, 6.45) is 0. The molecular formula is C18H18FN5O3S. The molecule has 10 heteroatoms. The number of sulfonamides is 1. The summed E-state index contributed by atoms with van der Waals surface area (Å²) in [5, 5.41) is 8.49. The average Bonchev–Trinajstić information content (AvgIpc) is 2.71. The summed E-state index contributed by atoms with van der Waals surface area (Å²) in [5.74, 6) is -0.761. The highest BCUT2D eigenvalue weighted by molar-refractivity contribution is 7.89. The molecule has 1 aliphatic heterocycles. The first-order valence-corrected chi connectivity index (χ1v) is 10.2. The Morgan fingerprint density at radius 1 is 0.964 bits per heavy atom. The van der Waals surface area contributed by atoms with Crippen LogP contribution in [0.4, 0.5) is 4.39 Å². The number of hydrogen-bond acceptors (Lipinski definition) is 6. The Bertz CT molecular complexity index is 1170. The van der Waals surface area contributed by atoms with Crippen LogP contribution in [0.3, 0.4) is 0 Å². The van der Waals surface area contributed by atoms with Crippen LogP contribution in [0.2, 0.25) is 0 Å². The van der Waals surface area contributed by atoms with E-state index >= 15 is 0 Å². The molecular weight excluding hydrogens is 385 g/mol. The molecule has 2 aromatic carbocycles. The molecule has 0 saturated carbocycles. The van der Waals surface area contributed by atoms with Crippen molar-refractivity contribution in [1.29, 1.82) is 0 Å². The van der Waals surface area contributed by atoms with Crippen molar-refractivity contribution in [3.8, 4) is 0 Å². The van der Waals surface area contributed by atoms with Crippen molar-refractivity contribution >= 4 is 20.9 Å². The molecule has 28 heavy (non-hydrogen) atoms. The molecule has 1 saturated heterocycles. The standard InChI is InChI=1S/C18H18FN5O3S/c19-15-6-2-4-8-17(15)28(26,27)23-11-9-22(10-12-23)13-24-18(25)14-5-1-3-7-16(14)20-21-24/h1-8H,9-13H2. The van der Waals surface area contributed by atoms with Gasteiger partial charge in [0.2, 0.25) is 10.0 Å². The van der Waals surface area contributed by atoms with Crippen molar-refractivity contribution in [2.24, 2.45) is 0 Å². The maximum absolute atomic E-state index is 13.9. The first kappa shape index (κ1) is 18.7. The van der Waals surface area contributed by atoms with Crippen molar-refractivity contribution in [3.05, 3.63) is 64.7 Å². The van der Waals surface area contributed by atoms with Gasteiger partial charge in [0.15, 0.2) is 0 Å². The lowest BCUT2D eigenvalue weighted by Gasteiger charge is -2.33. The lowest BCUT2D eigenvalue weighted by molar-refractivity contribution is 0.141.